The molecule has 0 spiro atoms. The van der Waals surface area contributed by atoms with Crippen LogP contribution in [0.1, 0.15) is 17.3 Å². The Morgan fingerprint density at radius 2 is 1.86 bits per heavy atom. The van der Waals surface area contributed by atoms with Crippen molar-refractivity contribution >= 4 is 27.6 Å². The van der Waals surface area contributed by atoms with Gasteiger partial charge in [0, 0.05) is 0 Å². The van der Waals surface area contributed by atoms with E-state index in [2.05, 4.69) is 5.32 Å². The second-order valence-corrected chi connectivity index (χ2v) is 6.47. The Hall–Kier alpha value is -2.42. The Bertz CT molecular complexity index is 684. The highest BCUT2D eigenvalue weighted by atomic mass is 32.2. The molecular weight excluding hydrogens is 312 g/mol. The summed E-state index contributed by atoms with van der Waals surface area (Å²) in [5.41, 5.74) is 4.70. The third-order valence-corrected chi connectivity index (χ3v) is 4.40. The molecule has 3 N–H and O–H groups in total. The molecule has 0 saturated heterocycles. The van der Waals surface area contributed by atoms with Gasteiger partial charge in [0.1, 0.15) is 0 Å². The summed E-state index contributed by atoms with van der Waals surface area (Å²) in [5, 5.41) is 2.14. The van der Waals surface area contributed by atoms with Gasteiger partial charge in [0.2, 0.25) is 5.91 Å². The maximum Gasteiger partial charge on any atom is 0.339 e. The number of benzene rings is 1. The average molecular weight is 328 g/mol. The van der Waals surface area contributed by atoms with Gasteiger partial charge < -0.3 is 15.8 Å². The van der Waals surface area contributed by atoms with Gasteiger partial charge in [-0.2, -0.15) is 0 Å². The fourth-order valence-corrected chi connectivity index (χ4v) is 2.59. The van der Waals surface area contributed by atoms with Gasteiger partial charge in [0.15, 0.2) is 16.4 Å². The lowest BCUT2D eigenvalue weighted by molar-refractivity contribution is -0.127. The second kappa shape index (κ2) is 7.55. The Morgan fingerprint density at radius 1 is 1.23 bits per heavy atom. The van der Waals surface area contributed by atoms with E-state index in [-0.39, 0.29) is 22.8 Å². The molecule has 0 atom stereocenters. The molecule has 0 heterocycles. The smallest absolute Gasteiger partial charge is 0.339 e. The van der Waals surface area contributed by atoms with E-state index in [1.54, 1.807) is 0 Å². The first-order valence-electron chi connectivity index (χ1n) is 6.32. The first kappa shape index (κ1) is 17.6. The molecule has 2 amide bonds. The van der Waals surface area contributed by atoms with E-state index < -0.39 is 34.2 Å². The third kappa shape index (κ3) is 4.85. The molecule has 0 unspecified atom stereocenters. The van der Waals surface area contributed by atoms with Gasteiger partial charge in [-0.05, 0) is 12.1 Å². The van der Waals surface area contributed by atoms with E-state index in [0.29, 0.717) is 0 Å². The average Bonchev–Trinajstić information content (AvgIpc) is 2.50. The van der Waals surface area contributed by atoms with Crippen molar-refractivity contribution in [3.05, 3.63) is 29.8 Å². The van der Waals surface area contributed by atoms with Gasteiger partial charge in [0.05, 0.1) is 22.8 Å². The number of rotatable bonds is 7. The van der Waals surface area contributed by atoms with Crippen LogP contribution >= 0.6 is 0 Å². The zero-order valence-electron chi connectivity index (χ0n) is 11.9. The summed E-state index contributed by atoms with van der Waals surface area (Å²) < 4.78 is 28.5. The zero-order valence-corrected chi connectivity index (χ0v) is 12.7. The van der Waals surface area contributed by atoms with Crippen molar-refractivity contribution in [2.75, 3.05) is 18.9 Å². The van der Waals surface area contributed by atoms with Crippen molar-refractivity contribution in [2.24, 2.45) is 5.73 Å². The summed E-state index contributed by atoms with van der Waals surface area (Å²) in [4.78, 5) is 33.6. The van der Waals surface area contributed by atoms with E-state index in [0.717, 1.165) is 0 Å². The molecule has 0 aromatic heterocycles. The number of carbonyl (C=O) groups is 3. The molecule has 120 valence electrons. The fraction of sp³-hybridized carbons (Fsp3) is 0.308. The molecule has 22 heavy (non-hydrogen) atoms. The maximum atomic E-state index is 11.9. The maximum absolute atomic E-state index is 11.9. The van der Waals surface area contributed by atoms with Crippen molar-refractivity contribution in [2.45, 2.75) is 11.8 Å². The Balaban J connectivity index is 2.79. The van der Waals surface area contributed by atoms with Gasteiger partial charge in [-0.25, -0.2) is 13.2 Å². The third-order valence-electron chi connectivity index (χ3n) is 2.62. The lowest BCUT2D eigenvalue weighted by Crippen LogP contribution is -2.36. The lowest BCUT2D eigenvalue weighted by atomic mass is 10.2. The molecule has 1 rings (SSSR count). The number of hydrogen-bond donors (Lipinski definition) is 2. The van der Waals surface area contributed by atoms with Crippen LogP contribution in [0.15, 0.2) is 29.2 Å². The van der Waals surface area contributed by atoms with Crippen LogP contribution < -0.4 is 11.1 Å². The number of primary amides is 1. The van der Waals surface area contributed by atoms with Crippen molar-refractivity contribution < 1.29 is 27.5 Å². The molecular formula is C13H16N2O6S. The normalized spacial score (nSPS) is 10.8. The summed E-state index contributed by atoms with van der Waals surface area (Å²) in [6.45, 7) is 0.429. The van der Waals surface area contributed by atoms with Crippen LogP contribution in [-0.2, 0) is 24.2 Å². The van der Waals surface area contributed by atoms with Crippen molar-refractivity contribution in [3.63, 3.8) is 0 Å². The molecule has 8 nitrogen and oxygen atoms in total. The predicted octanol–water partition coefficient (Wildman–Crippen LogP) is -0.761. The molecule has 0 saturated carbocycles. The first-order valence-corrected chi connectivity index (χ1v) is 7.97. The number of nitrogens with two attached hydrogens (primary N) is 1. The summed E-state index contributed by atoms with van der Waals surface area (Å²) in [6, 6.07) is 5.56. The Morgan fingerprint density at radius 3 is 2.45 bits per heavy atom. The van der Waals surface area contributed by atoms with Crippen molar-refractivity contribution in [3.8, 4) is 0 Å². The standard InChI is InChI=1S/C13H16N2O6S/c1-2-22(19,20)10-6-4-3-5-9(10)13(18)21-8-12(17)15-7-11(14)16/h3-6H,2,7-8H2,1H3,(H2,14,16)(H,15,17). The summed E-state index contributed by atoms with van der Waals surface area (Å²) in [7, 11) is -3.60. The molecule has 0 fully saturated rings. The van der Waals surface area contributed by atoms with Gasteiger partial charge in [-0.3, -0.25) is 9.59 Å². The largest absolute Gasteiger partial charge is 0.452 e. The quantitative estimate of drug-likeness (QED) is 0.632. The topological polar surface area (TPSA) is 133 Å². The van der Waals surface area contributed by atoms with Crippen LogP contribution in [0.25, 0.3) is 0 Å². The highest BCUT2D eigenvalue weighted by Crippen LogP contribution is 2.17. The minimum Gasteiger partial charge on any atom is -0.452 e. The molecule has 0 aliphatic carbocycles. The van der Waals surface area contributed by atoms with E-state index in [1.807, 2.05) is 0 Å². The van der Waals surface area contributed by atoms with Gasteiger partial charge >= 0.3 is 5.97 Å². The van der Waals surface area contributed by atoms with Crippen molar-refractivity contribution in [1.29, 1.82) is 0 Å². The molecule has 0 aliphatic heterocycles. The molecule has 0 radical (unpaired) electrons. The van der Waals surface area contributed by atoms with Crippen LogP contribution in [0.5, 0.6) is 0 Å². The number of sulfone groups is 1. The number of amides is 2. The van der Waals surface area contributed by atoms with Crippen molar-refractivity contribution in [1.82, 2.24) is 5.32 Å². The van der Waals surface area contributed by atoms with Gasteiger partial charge in [0.25, 0.3) is 5.91 Å². The molecule has 1 aromatic rings. The van der Waals surface area contributed by atoms with Crippen LogP contribution in [0, 0.1) is 0 Å². The summed E-state index contributed by atoms with van der Waals surface area (Å²) >= 11 is 0. The minimum absolute atomic E-state index is 0.146. The van der Waals surface area contributed by atoms with E-state index in [4.69, 9.17) is 10.5 Å². The van der Waals surface area contributed by atoms with E-state index >= 15 is 0 Å². The number of nitrogens with one attached hydrogen (secondary N) is 1. The highest BCUT2D eigenvalue weighted by Gasteiger charge is 2.22. The Labute approximate surface area is 127 Å². The van der Waals surface area contributed by atoms with Crippen LogP contribution in [0.4, 0.5) is 0 Å². The van der Waals surface area contributed by atoms with Gasteiger partial charge in [-0.1, -0.05) is 19.1 Å². The lowest BCUT2D eigenvalue weighted by Gasteiger charge is -2.09. The Kier molecular flexibility index (Phi) is 6.05. The zero-order chi connectivity index (χ0) is 16.8. The number of esters is 1. The number of hydrogen-bond acceptors (Lipinski definition) is 6. The van der Waals surface area contributed by atoms with E-state index in [1.165, 1.54) is 31.2 Å². The first-order chi connectivity index (χ1) is 10.3. The van der Waals surface area contributed by atoms with Crippen LogP contribution in [-0.4, -0.2) is 45.1 Å². The number of ether oxygens (including phenoxy) is 1. The molecule has 9 heteroatoms. The minimum atomic E-state index is -3.60. The molecule has 0 aliphatic rings. The van der Waals surface area contributed by atoms with Crippen LogP contribution in [0.2, 0.25) is 0 Å². The second-order valence-electron chi connectivity index (χ2n) is 4.22. The SMILES string of the molecule is CCS(=O)(=O)c1ccccc1C(=O)OCC(=O)NCC(N)=O. The highest BCUT2D eigenvalue weighted by molar-refractivity contribution is 7.91. The monoisotopic (exact) mass is 328 g/mol. The fourth-order valence-electron chi connectivity index (χ4n) is 1.51. The summed E-state index contributed by atoms with van der Waals surface area (Å²) in [5.74, 6) is -2.57. The van der Waals surface area contributed by atoms with E-state index in [9.17, 15) is 22.8 Å². The predicted molar refractivity (Wildman–Crippen MR) is 76.7 cm³/mol. The molecule has 0 bridgehead atoms. The summed E-state index contributed by atoms with van der Waals surface area (Å²) in [6.07, 6.45) is 0. The number of carbonyl (C=O) groups excluding carboxylic acids is 3. The van der Waals surface area contributed by atoms with Gasteiger partial charge in [-0.15, -0.1) is 0 Å². The van der Waals surface area contributed by atoms with Crippen LogP contribution in [0.3, 0.4) is 0 Å². The molecule has 1 aromatic carbocycles.